The van der Waals surface area contributed by atoms with Crippen LogP contribution < -0.4 is 0 Å². The lowest BCUT2D eigenvalue weighted by Gasteiger charge is -2.39. The molecule has 0 fully saturated rings. The Morgan fingerprint density at radius 2 is 0.810 bits per heavy atom. The molecule has 128 valence electrons. The van der Waals surface area contributed by atoms with Gasteiger partial charge in [-0.25, -0.2) is 4.39 Å². The van der Waals surface area contributed by atoms with E-state index in [9.17, 15) is 57.1 Å². The fourth-order valence-corrected chi connectivity index (χ4v) is 1.00. The van der Waals surface area contributed by atoms with Gasteiger partial charge in [0.05, 0.1) is 0 Å². The maximum Gasteiger partial charge on any atom is 0.393 e. The van der Waals surface area contributed by atoms with Crippen molar-refractivity contribution < 1.29 is 57.1 Å². The highest BCUT2D eigenvalue weighted by Gasteiger charge is 2.90. The summed E-state index contributed by atoms with van der Waals surface area (Å²) in [4.78, 5) is 0. The number of alkyl halides is 14. The minimum atomic E-state index is -7.75. The molecule has 0 rings (SSSR count). The molecule has 0 nitrogen and oxygen atoms in total. The van der Waals surface area contributed by atoms with Crippen molar-refractivity contribution in [2.75, 3.05) is 6.67 Å². The van der Waals surface area contributed by atoms with E-state index in [4.69, 9.17) is 0 Å². The average molecular weight is 369 g/mol. The molecule has 0 amide bonds. The lowest BCUT2D eigenvalue weighted by molar-refractivity contribution is -0.417. The first-order valence-corrected chi connectivity index (χ1v) is 4.71. The Morgan fingerprint density at radius 1 is 0.524 bits per heavy atom. The monoisotopic (exact) mass is 368 g/mol. The standard InChI is InChI=1S/C7H2ClF13/c8-7(20,21)6(18,19)5(16,17)4(14,15)3(12,13)2(10,11)1-9/h1H2. The highest BCUT2D eigenvalue weighted by Crippen LogP contribution is 2.60. The molecule has 0 N–H and O–H groups in total. The molecule has 0 aromatic rings. The lowest BCUT2D eigenvalue weighted by Crippen LogP contribution is -2.70. The summed E-state index contributed by atoms with van der Waals surface area (Å²) in [6, 6.07) is 0. The Hall–Kier alpha value is -0.620. The predicted octanol–water partition coefficient (Wildman–Crippen LogP) is 4.96. The Labute approximate surface area is 111 Å². The SMILES string of the molecule is FCC(F)(F)C(F)(F)C(F)(F)C(F)(F)C(F)(F)C(F)(F)Cl. The summed E-state index contributed by atoms with van der Waals surface area (Å²) in [7, 11) is 0. The molecule has 0 aliphatic rings. The molecule has 0 radical (unpaired) electrons. The van der Waals surface area contributed by atoms with Crippen LogP contribution >= 0.6 is 11.6 Å². The van der Waals surface area contributed by atoms with Gasteiger partial charge in [0.15, 0.2) is 6.67 Å². The third kappa shape index (κ3) is 2.61. The van der Waals surface area contributed by atoms with Gasteiger partial charge in [0.1, 0.15) is 0 Å². The van der Waals surface area contributed by atoms with E-state index in [1.807, 2.05) is 0 Å². The first-order valence-electron chi connectivity index (χ1n) is 4.33. The topological polar surface area (TPSA) is 0 Å². The smallest absolute Gasteiger partial charge is 0.244 e. The molecule has 14 heteroatoms. The first-order chi connectivity index (χ1) is 8.81. The van der Waals surface area contributed by atoms with Crippen molar-refractivity contribution in [1.29, 1.82) is 0 Å². The van der Waals surface area contributed by atoms with Crippen LogP contribution in [0, 0.1) is 0 Å². The zero-order chi connectivity index (χ0) is 17.7. The van der Waals surface area contributed by atoms with Crippen LogP contribution in [-0.2, 0) is 0 Å². The van der Waals surface area contributed by atoms with E-state index in [2.05, 4.69) is 11.6 Å². The third-order valence-corrected chi connectivity index (χ3v) is 2.40. The van der Waals surface area contributed by atoms with Crippen LogP contribution in [0.2, 0.25) is 0 Å². The van der Waals surface area contributed by atoms with Gasteiger partial charge < -0.3 is 0 Å². The van der Waals surface area contributed by atoms with E-state index in [1.165, 1.54) is 0 Å². The van der Waals surface area contributed by atoms with Gasteiger partial charge in [-0.15, -0.1) is 0 Å². The van der Waals surface area contributed by atoms with Crippen LogP contribution in [0.1, 0.15) is 0 Å². The van der Waals surface area contributed by atoms with Gasteiger partial charge in [0.2, 0.25) is 0 Å². The summed E-state index contributed by atoms with van der Waals surface area (Å²) in [5.41, 5.74) is 0. The molecule has 0 spiro atoms. The molecular weight excluding hydrogens is 367 g/mol. The summed E-state index contributed by atoms with van der Waals surface area (Å²) >= 11 is 3.41. The van der Waals surface area contributed by atoms with Crippen molar-refractivity contribution >= 4 is 11.6 Å². The maximum atomic E-state index is 12.7. The van der Waals surface area contributed by atoms with Gasteiger partial charge in [-0.2, -0.15) is 52.7 Å². The third-order valence-electron chi connectivity index (χ3n) is 2.17. The highest BCUT2D eigenvalue weighted by molar-refractivity contribution is 6.22. The minimum absolute atomic E-state index is 3.41. The van der Waals surface area contributed by atoms with Crippen LogP contribution in [0.15, 0.2) is 0 Å². The number of halogens is 14. The summed E-state index contributed by atoms with van der Waals surface area (Å²) in [6.07, 6.45) is 0. The van der Waals surface area contributed by atoms with Gasteiger partial charge >= 0.3 is 35.0 Å². The van der Waals surface area contributed by atoms with Crippen molar-refractivity contribution in [3.63, 3.8) is 0 Å². The molecule has 0 aromatic carbocycles. The predicted molar refractivity (Wildman–Crippen MR) is 41.5 cm³/mol. The van der Waals surface area contributed by atoms with E-state index in [0.29, 0.717) is 0 Å². The van der Waals surface area contributed by atoms with Crippen LogP contribution in [-0.4, -0.2) is 41.7 Å². The Bertz CT molecular complexity index is 380. The molecule has 0 unspecified atom stereocenters. The second kappa shape index (κ2) is 4.95. The van der Waals surface area contributed by atoms with Gasteiger partial charge in [-0.05, 0) is 11.6 Å². The van der Waals surface area contributed by atoms with Crippen LogP contribution in [0.3, 0.4) is 0 Å². The van der Waals surface area contributed by atoms with E-state index >= 15 is 0 Å². The summed E-state index contributed by atoms with van der Waals surface area (Å²) < 4.78 is 161. The zero-order valence-corrected chi connectivity index (χ0v) is 9.75. The highest BCUT2D eigenvalue weighted by atomic mass is 35.5. The maximum absolute atomic E-state index is 12.7. The number of hydrogen-bond donors (Lipinski definition) is 0. The molecular formula is C7H2ClF13. The molecule has 0 heterocycles. The van der Waals surface area contributed by atoms with E-state index < -0.39 is 41.7 Å². The fraction of sp³-hybridized carbons (Fsp3) is 1.00. The van der Waals surface area contributed by atoms with Crippen LogP contribution in [0.25, 0.3) is 0 Å². The van der Waals surface area contributed by atoms with Crippen LogP contribution in [0.4, 0.5) is 57.1 Å². The van der Waals surface area contributed by atoms with Crippen molar-refractivity contribution in [1.82, 2.24) is 0 Å². The summed E-state index contributed by atoms with van der Waals surface area (Å²) in [5.74, 6) is -36.8. The number of hydrogen-bond acceptors (Lipinski definition) is 0. The Kier molecular flexibility index (Phi) is 4.80. The molecule has 21 heavy (non-hydrogen) atoms. The fourth-order valence-electron chi connectivity index (χ4n) is 0.886. The van der Waals surface area contributed by atoms with E-state index in [-0.39, 0.29) is 0 Å². The molecule has 0 atom stereocenters. The van der Waals surface area contributed by atoms with Crippen molar-refractivity contribution in [2.45, 2.75) is 35.0 Å². The van der Waals surface area contributed by atoms with Gasteiger partial charge in [0, 0.05) is 0 Å². The minimum Gasteiger partial charge on any atom is -0.244 e. The zero-order valence-electron chi connectivity index (χ0n) is 9.00. The Morgan fingerprint density at radius 3 is 1.05 bits per heavy atom. The molecule has 0 saturated carbocycles. The second-order valence-corrected chi connectivity index (χ2v) is 4.11. The molecule has 0 aliphatic heterocycles. The molecule has 0 aliphatic carbocycles. The van der Waals surface area contributed by atoms with Crippen molar-refractivity contribution in [3.05, 3.63) is 0 Å². The van der Waals surface area contributed by atoms with Crippen molar-refractivity contribution in [2.24, 2.45) is 0 Å². The van der Waals surface area contributed by atoms with Crippen LogP contribution in [0.5, 0.6) is 0 Å². The average Bonchev–Trinajstić information content (AvgIpc) is 2.26. The summed E-state index contributed by atoms with van der Waals surface area (Å²) in [6.45, 7) is -3.64. The van der Waals surface area contributed by atoms with Gasteiger partial charge in [-0.1, -0.05) is 0 Å². The largest absolute Gasteiger partial charge is 0.393 e. The molecule has 0 aromatic heterocycles. The van der Waals surface area contributed by atoms with E-state index in [1.54, 1.807) is 0 Å². The molecule has 0 bridgehead atoms. The molecule has 0 saturated heterocycles. The van der Waals surface area contributed by atoms with E-state index in [0.717, 1.165) is 0 Å². The quantitative estimate of drug-likeness (QED) is 0.459. The van der Waals surface area contributed by atoms with Gasteiger partial charge in [-0.3, -0.25) is 0 Å². The second-order valence-electron chi connectivity index (χ2n) is 3.63. The number of rotatable bonds is 6. The van der Waals surface area contributed by atoms with Crippen molar-refractivity contribution in [3.8, 4) is 0 Å². The normalized spacial score (nSPS) is 16.3. The summed E-state index contributed by atoms with van der Waals surface area (Å²) in [5, 5.41) is -6.49. The lowest BCUT2D eigenvalue weighted by atomic mass is 9.95. The Balaban J connectivity index is 6.14. The van der Waals surface area contributed by atoms with Gasteiger partial charge in [0.25, 0.3) is 0 Å². The first kappa shape index (κ1) is 20.4.